The van der Waals surface area contributed by atoms with Crippen LogP contribution in [-0.2, 0) is 6.42 Å². The Bertz CT molecular complexity index is 537. The third-order valence-electron chi connectivity index (χ3n) is 2.68. The van der Waals surface area contributed by atoms with Gasteiger partial charge in [-0.2, -0.15) is 0 Å². The summed E-state index contributed by atoms with van der Waals surface area (Å²) < 4.78 is 26.1. The summed E-state index contributed by atoms with van der Waals surface area (Å²) in [6, 6.07) is 6.26. The molecule has 0 aliphatic heterocycles. The van der Waals surface area contributed by atoms with Gasteiger partial charge in [0, 0.05) is 18.3 Å². The van der Waals surface area contributed by atoms with Gasteiger partial charge in [0.15, 0.2) is 0 Å². The highest BCUT2D eigenvalue weighted by Crippen LogP contribution is 2.20. The van der Waals surface area contributed by atoms with Crippen molar-refractivity contribution >= 4 is 5.82 Å². The number of anilines is 1. The van der Waals surface area contributed by atoms with Gasteiger partial charge in [0.05, 0.1) is 0 Å². The Kier molecular flexibility index (Phi) is 3.53. The van der Waals surface area contributed by atoms with E-state index in [2.05, 4.69) is 4.98 Å². The molecule has 0 bridgehead atoms. The maximum absolute atomic E-state index is 13.1. The molecular formula is C13H13F2N3. The zero-order chi connectivity index (χ0) is 13.1. The highest BCUT2D eigenvalue weighted by molar-refractivity contribution is 5.39. The molecule has 0 saturated heterocycles. The van der Waals surface area contributed by atoms with Crippen molar-refractivity contribution in [3.05, 3.63) is 59.3 Å². The molecule has 1 aromatic heterocycles. The third-order valence-corrected chi connectivity index (χ3v) is 2.68. The molecule has 0 spiro atoms. The maximum atomic E-state index is 13.1. The molecule has 0 saturated carbocycles. The Labute approximate surface area is 103 Å². The largest absolute Gasteiger partial charge is 0.383 e. The van der Waals surface area contributed by atoms with Crippen LogP contribution in [-0.4, -0.2) is 4.98 Å². The minimum absolute atomic E-state index is 0.378. The van der Waals surface area contributed by atoms with Gasteiger partial charge in [-0.1, -0.05) is 6.07 Å². The van der Waals surface area contributed by atoms with Gasteiger partial charge in [0.25, 0.3) is 0 Å². The minimum Gasteiger partial charge on any atom is -0.383 e. The smallest absolute Gasteiger partial charge is 0.126 e. The number of nitrogens with zero attached hydrogens (tertiary/aromatic N) is 1. The van der Waals surface area contributed by atoms with Crippen LogP contribution in [0.25, 0.3) is 0 Å². The van der Waals surface area contributed by atoms with Gasteiger partial charge < -0.3 is 11.5 Å². The normalized spacial score (nSPS) is 12.4. The first kappa shape index (κ1) is 12.4. The summed E-state index contributed by atoms with van der Waals surface area (Å²) >= 11 is 0. The SMILES string of the molecule is Nc1ncccc1CC(N)c1cc(F)cc(F)c1. The molecule has 18 heavy (non-hydrogen) atoms. The average Bonchev–Trinajstić information content (AvgIpc) is 2.31. The van der Waals surface area contributed by atoms with Crippen LogP contribution in [0.4, 0.5) is 14.6 Å². The monoisotopic (exact) mass is 249 g/mol. The van der Waals surface area contributed by atoms with Crippen LogP contribution in [0.3, 0.4) is 0 Å². The van der Waals surface area contributed by atoms with Crippen molar-refractivity contribution in [2.75, 3.05) is 5.73 Å². The summed E-state index contributed by atoms with van der Waals surface area (Å²) in [6.45, 7) is 0. The van der Waals surface area contributed by atoms with Crippen molar-refractivity contribution < 1.29 is 8.78 Å². The summed E-state index contributed by atoms with van der Waals surface area (Å²) in [7, 11) is 0. The predicted octanol–water partition coefficient (Wildman–Crippen LogP) is 2.18. The number of benzene rings is 1. The van der Waals surface area contributed by atoms with Crippen LogP contribution in [0.1, 0.15) is 17.2 Å². The lowest BCUT2D eigenvalue weighted by Gasteiger charge is -2.13. The summed E-state index contributed by atoms with van der Waals surface area (Å²) in [5, 5.41) is 0. The van der Waals surface area contributed by atoms with Gasteiger partial charge in [-0.25, -0.2) is 13.8 Å². The Morgan fingerprint density at radius 1 is 1.17 bits per heavy atom. The molecule has 94 valence electrons. The number of pyridine rings is 1. The van der Waals surface area contributed by atoms with E-state index < -0.39 is 17.7 Å². The lowest BCUT2D eigenvalue weighted by molar-refractivity contribution is 0.572. The van der Waals surface area contributed by atoms with Crippen LogP contribution < -0.4 is 11.5 Å². The first-order valence-electron chi connectivity index (χ1n) is 5.47. The standard InChI is InChI=1S/C13H13F2N3/c14-10-4-9(5-11(15)7-10)12(16)6-8-2-1-3-18-13(8)17/h1-5,7,12H,6,16H2,(H2,17,18). The Morgan fingerprint density at radius 3 is 2.44 bits per heavy atom. The second-order valence-electron chi connectivity index (χ2n) is 4.06. The number of rotatable bonds is 3. The van der Waals surface area contributed by atoms with Crippen LogP contribution in [0, 0.1) is 11.6 Å². The van der Waals surface area contributed by atoms with Crippen molar-refractivity contribution in [2.45, 2.75) is 12.5 Å². The molecule has 0 aliphatic rings. The first-order valence-corrected chi connectivity index (χ1v) is 5.47. The van der Waals surface area contributed by atoms with Crippen molar-refractivity contribution in [1.82, 2.24) is 4.98 Å². The van der Waals surface area contributed by atoms with Crippen LogP contribution in [0.15, 0.2) is 36.5 Å². The molecular weight excluding hydrogens is 236 g/mol. The number of nitrogen functional groups attached to an aromatic ring is 1. The van der Waals surface area contributed by atoms with Crippen molar-refractivity contribution in [1.29, 1.82) is 0 Å². The number of nitrogens with two attached hydrogens (primary N) is 2. The summed E-state index contributed by atoms with van der Waals surface area (Å²) in [4.78, 5) is 3.94. The number of hydrogen-bond donors (Lipinski definition) is 2. The third kappa shape index (κ3) is 2.81. The Balaban J connectivity index is 2.22. The van der Waals surface area contributed by atoms with Gasteiger partial charge in [0.1, 0.15) is 17.5 Å². The van der Waals surface area contributed by atoms with E-state index in [9.17, 15) is 8.78 Å². The molecule has 0 aliphatic carbocycles. The zero-order valence-electron chi connectivity index (χ0n) is 9.61. The van der Waals surface area contributed by atoms with E-state index in [1.807, 2.05) is 0 Å². The van der Waals surface area contributed by atoms with E-state index in [0.29, 0.717) is 17.8 Å². The second kappa shape index (κ2) is 5.10. The summed E-state index contributed by atoms with van der Waals surface area (Å²) in [6.07, 6.45) is 1.95. The van der Waals surface area contributed by atoms with E-state index in [1.54, 1.807) is 18.3 Å². The average molecular weight is 249 g/mol. The Hall–Kier alpha value is -2.01. The van der Waals surface area contributed by atoms with Crippen molar-refractivity contribution in [3.8, 4) is 0 Å². The molecule has 0 amide bonds. The second-order valence-corrected chi connectivity index (χ2v) is 4.06. The molecule has 0 radical (unpaired) electrons. The van der Waals surface area contributed by atoms with E-state index in [-0.39, 0.29) is 0 Å². The highest BCUT2D eigenvalue weighted by atomic mass is 19.1. The van der Waals surface area contributed by atoms with Gasteiger partial charge in [-0.05, 0) is 35.7 Å². The van der Waals surface area contributed by atoms with Crippen molar-refractivity contribution in [2.24, 2.45) is 5.73 Å². The fourth-order valence-corrected chi connectivity index (χ4v) is 1.77. The van der Waals surface area contributed by atoms with Crippen LogP contribution >= 0.6 is 0 Å². The minimum atomic E-state index is -0.639. The molecule has 2 rings (SSSR count). The lowest BCUT2D eigenvalue weighted by Crippen LogP contribution is -2.15. The van der Waals surface area contributed by atoms with E-state index in [4.69, 9.17) is 11.5 Å². The highest BCUT2D eigenvalue weighted by Gasteiger charge is 2.11. The molecule has 2 aromatic rings. The van der Waals surface area contributed by atoms with E-state index in [1.165, 1.54) is 12.1 Å². The predicted molar refractivity (Wildman–Crippen MR) is 65.6 cm³/mol. The molecule has 1 unspecified atom stereocenters. The molecule has 3 nitrogen and oxygen atoms in total. The van der Waals surface area contributed by atoms with Gasteiger partial charge >= 0.3 is 0 Å². The number of aromatic nitrogens is 1. The summed E-state index contributed by atoms with van der Waals surface area (Å²) in [5.41, 5.74) is 12.8. The summed E-state index contributed by atoms with van der Waals surface area (Å²) in [5.74, 6) is -0.899. The van der Waals surface area contributed by atoms with Gasteiger partial charge in [0.2, 0.25) is 0 Å². The molecule has 1 atom stereocenters. The molecule has 5 heteroatoms. The molecule has 4 N–H and O–H groups in total. The maximum Gasteiger partial charge on any atom is 0.126 e. The fraction of sp³-hybridized carbons (Fsp3) is 0.154. The fourth-order valence-electron chi connectivity index (χ4n) is 1.77. The van der Waals surface area contributed by atoms with Crippen molar-refractivity contribution in [3.63, 3.8) is 0 Å². The molecule has 1 aromatic carbocycles. The zero-order valence-corrected chi connectivity index (χ0v) is 9.61. The number of hydrogen-bond acceptors (Lipinski definition) is 3. The van der Waals surface area contributed by atoms with Gasteiger partial charge in [-0.3, -0.25) is 0 Å². The van der Waals surface area contributed by atoms with E-state index in [0.717, 1.165) is 11.6 Å². The molecule has 1 heterocycles. The number of halogens is 2. The quantitative estimate of drug-likeness (QED) is 0.876. The molecule has 0 fully saturated rings. The van der Waals surface area contributed by atoms with Crippen LogP contribution in [0.2, 0.25) is 0 Å². The first-order chi connectivity index (χ1) is 8.56. The Morgan fingerprint density at radius 2 is 1.83 bits per heavy atom. The topological polar surface area (TPSA) is 64.9 Å². The van der Waals surface area contributed by atoms with E-state index >= 15 is 0 Å². The van der Waals surface area contributed by atoms with Gasteiger partial charge in [-0.15, -0.1) is 0 Å². The lowest BCUT2D eigenvalue weighted by atomic mass is 10.00. The van der Waals surface area contributed by atoms with Crippen LogP contribution in [0.5, 0.6) is 0 Å².